The molecule has 4 aromatic carbocycles. The number of β-lactam (4-membered cyclic amide) rings is 2. The predicted octanol–water partition coefficient (Wildman–Crippen LogP) is 8.81. The zero-order chi connectivity index (χ0) is 58.3. The average Bonchev–Trinajstić information content (AvgIpc) is 1.46. The fraction of sp³-hybridized carbons (Fsp3) is 0.516. The smallest absolute Gasteiger partial charge is 0.327 e. The van der Waals surface area contributed by atoms with Crippen LogP contribution in [0.2, 0.25) is 0 Å². The molecule has 82 heavy (non-hydrogen) atoms. The molecule has 0 aliphatic carbocycles. The number of nitrogens with zero attached hydrogens (tertiary/aromatic N) is 6. The number of piperazine rings is 2. The van der Waals surface area contributed by atoms with Crippen molar-refractivity contribution in [3.63, 3.8) is 0 Å². The van der Waals surface area contributed by atoms with Gasteiger partial charge in [0.2, 0.25) is 25.4 Å². The van der Waals surface area contributed by atoms with Crippen molar-refractivity contribution in [1.29, 1.82) is 0 Å². The number of amides is 8. The molecule has 6 aliphatic rings. The van der Waals surface area contributed by atoms with Crippen molar-refractivity contribution < 1.29 is 57.2 Å². The highest BCUT2D eigenvalue weighted by Gasteiger charge is 2.64. The molecule has 4 fully saturated rings. The largest absolute Gasteiger partial charge is 0.469 e. The minimum atomic E-state index is -0.801. The molecule has 440 valence electrons. The summed E-state index contributed by atoms with van der Waals surface area (Å²) in [6, 6.07) is 23.6. The van der Waals surface area contributed by atoms with Gasteiger partial charge < -0.3 is 58.7 Å². The minimum absolute atomic E-state index is 0.00794. The Morgan fingerprint density at radius 1 is 0.500 bits per heavy atom. The monoisotopic (exact) mass is 1130 g/mol. The van der Waals surface area contributed by atoms with Crippen LogP contribution in [0.3, 0.4) is 0 Å². The number of rotatable bonds is 18. The van der Waals surface area contributed by atoms with Gasteiger partial charge in [0.15, 0.2) is 35.5 Å². The SMILES string of the molecule is CCC[C@@H](NC(=O)N1C(=O)C(CC)(CC)[C@@H]1Oc1ccc(C(=O)N2CCN(C)CC2)cc1)c1ccc2c(c1)OCO2.CCC[C@@H](NC(=O)N1C(=O)C(CC)(CC)[C@@H]1Oc1ccc(C(=O)N2CCN(C)CC2)cc1)c1ccc2c(c1)OCO2. The lowest BCUT2D eigenvalue weighted by Gasteiger charge is -2.53. The third kappa shape index (κ3) is 11.9. The number of ether oxygens (including phenoxy) is 6. The van der Waals surface area contributed by atoms with Crippen molar-refractivity contribution in [1.82, 2.24) is 40.0 Å². The maximum Gasteiger partial charge on any atom is 0.327 e. The lowest BCUT2D eigenvalue weighted by molar-refractivity contribution is -0.191. The van der Waals surface area contributed by atoms with Gasteiger partial charge in [-0.2, -0.15) is 0 Å². The van der Waals surface area contributed by atoms with E-state index in [0.29, 0.717) is 110 Å². The Morgan fingerprint density at radius 2 is 0.841 bits per heavy atom. The van der Waals surface area contributed by atoms with Crippen molar-refractivity contribution in [2.45, 2.75) is 117 Å². The Kier molecular flexibility index (Phi) is 18.5. The van der Waals surface area contributed by atoms with Crippen LogP contribution in [0.4, 0.5) is 9.59 Å². The molecule has 4 aromatic rings. The highest BCUT2D eigenvalue weighted by molar-refractivity contribution is 6.04. The molecule has 0 unspecified atom stereocenters. The first-order valence-electron chi connectivity index (χ1n) is 29.2. The molecule has 6 aliphatic heterocycles. The molecule has 0 radical (unpaired) electrons. The van der Waals surface area contributed by atoms with Gasteiger partial charge in [-0.25, -0.2) is 19.4 Å². The molecule has 10 rings (SSSR count). The number of nitrogens with one attached hydrogen (secondary N) is 2. The van der Waals surface area contributed by atoms with Crippen LogP contribution in [0.15, 0.2) is 84.9 Å². The van der Waals surface area contributed by atoms with Gasteiger partial charge in [0.1, 0.15) is 22.3 Å². The van der Waals surface area contributed by atoms with Crippen LogP contribution in [0.25, 0.3) is 0 Å². The number of hydrogen-bond acceptors (Lipinski definition) is 14. The summed E-state index contributed by atoms with van der Waals surface area (Å²) in [6.07, 6.45) is 3.68. The molecule has 0 saturated carbocycles. The van der Waals surface area contributed by atoms with Crippen LogP contribution in [-0.2, 0) is 9.59 Å². The summed E-state index contributed by atoms with van der Waals surface area (Å²) in [5.74, 6) is 3.14. The van der Waals surface area contributed by atoms with Gasteiger partial charge in [0.25, 0.3) is 11.8 Å². The molecule has 4 saturated heterocycles. The quantitative estimate of drug-likeness (QED) is 0.0895. The topological polar surface area (TPSA) is 201 Å². The van der Waals surface area contributed by atoms with E-state index in [-0.39, 0.29) is 49.3 Å². The maximum absolute atomic E-state index is 13.6. The van der Waals surface area contributed by atoms with Gasteiger partial charge in [0.05, 0.1) is 12.1 Å². The molecule has 0 aromatic heterocycles. The summed E-state index contributed by atoms with van der Waals surface area (Å²) >= 11 is 0. The standard InChI is InChI=1S/2C31H40N4O6/c2*1-5-8-24(22-11-14-25-26(19-22)40-20-39-25)32-30(38)35-28(37)31(6-2,7-3)29(35)41-23-12-9-21(10-13-23)27(36)34-17-15-33(4)16-18-34/h2*9-14,19,24,29H,5-8,15-18,20H2,1-4H3,(H,32,38)/t2*24-,29+/m11/s1. The fourth-order valence-electron chi connectivity index (χ4n) is 11.7. The highest BCUT2D eigenvalue weighted by Crippen LogP contribution is 2.48. The van der Waals surface area contributed by atoms with E-state index < -0.39 is 35.3 Å². The second-order valence-electron chi connectivity index (χ2n) is 22.1. The van der Waals surface area contributed by atoms with Gasteiger partial charge in [-0.15, -0.1) is 0 Å². The van der Waals surface area contributed by atoms with E-state index in [4.69, 9.17) is 28.4 Å². The van der Waals surface area contributed by atoms with Gasteiger partial charge >= 0.3 is 12.1 Å². The maximum atomic E-state index is 13.6. The number of likely N-dealkylation sites (tertiary alicyclic amines) is 2. The molecule has 2 N–H and O–H groups in total. The molecule has 0 bridgehead atoms. The van der Waals surface area contributed by atoms with Crippen molar-refractivity contribution >= 4 is 35.7 Å². The number of carbonyl (C=O) groups is 6. The van der Waals surface area contributed by atoms with Crippen LogP contribution in [0.5, 0.6) is 34.5 Å². The highest BCUT2D eigenvalue weighted by atomic mass is 16.7. The number of carbonyl (C=O) groups excluding carboxylic acids is 6. The van der Waals surface area contributed by atoms with Crippen molar-refractivity contribution in [3.05, 3.63) is 107 Å². The second kappa shape index (κ2) is 25.7. The zero-order valence-electron chi connectivity index (χ0n) is 48.7. The molecular weight excluding hydrogens is 1050 g/mol. The minimum Gasteiger partial charge on any atom is -0.469 e. The molecule has 0 spiro atoms. The van der Waals surface area contributed by atoms with Gasteiger partial charge in [-0.3, -0.25) is 19.2 Å². The molecule has 6 heterocycles. The number of urea groups is 2. The Balaban J connectivity index is 0.000000198. The lowest BCUT2D eigenvalue weighted by atomic mass is 9.72. The van der Waals surface area contributed by atoms with E-state index in [9.17, 15) is 28.8 Å². The first kappa shape index (κ1) is 59.1. The summed E-state index contributed by atoms with van der Waals surface area (Å²) in [5.41, 5.74) is 1.34. The number of likely N-dealkylation sites (N-methyl/N-ethyl adjacent to an activating group) is 2. The first-order valence-corrected chi connectivity index (χ1v) is 29.2. The van der Waals surface area contributed by atoms with Crippen LogP contribution < -0.4 is 39.1 Å². The summed E-state index contributed by atoms with van der Waals surface area (Å²) in [6.45, 7) is 18.4. The van der Waals surface area contributed by atoms with Gasteiger partial charge in [0, 0.05) is 63.5 Å². The van der Waals surface area contributed by atoms with E-state index in [0.717, 1.165) is 50.1 Å². The third-order valence-corrected chi connectivity index (χ3v) is 17.3. The average molecular weight is 1130 g/mol. The van der Waals surface area contributed by atoms with Crippen LogP contribution in [0, 0.1) is 10.8 Å². The van der Waals surface area contributed by atoms with Gasteiger partial charge in [-0.1, -0.05) is 66.5 Å². The number of hydrogen-bond donors (Lipinski definition) is 2. The first-order chi connectivity index (χ1) is 39.6. The Labute approximate surface area is 481 Å². The summed E-state index contributed by atoms with van der Waals surface area (Å²) in [7, 11) is 4.10. The molecule has 20 heteroatoms. The van der Waals surface area contributed by atoms with Gasteiger partial charge in [-0.05, 0) is 137 Å². The van der Waals surface area contributed by atoms with Crippen LogP contribution in [0.1, 0.15) is 137 Å². The predicted molar refractivity (Wildman–Crippen MR) is 306 cm³/mol. The van der Waals surface area contributed by atoms with Crippen molar-refractivity contribution in [2.75, 3.05) is 80.0 Å². The van der Waals surface area contributed by atoms with Crippen LogP contribution in [-0.4, -0.2) is 158 Å². The normalized spacial score (nSPS) is 20.4. The van der Waals surface area contributed by atoms with Crippen LogP contribution >= 0.6 is 0 Å². The number of benzene rings is 4. The molecule has 4 atom stereocenters. The fourth-order valence-corrected chi connectivity index (χ4v) is 11.7. The number of fused-ring (bicyclic) bond motifs is 2. The van der Waals surface area contributed by atoms with Crippen molar-refractivity contribution in [2.24, 2.45) is 10.8 Å². The Bertz CT molecular complexity index is 2740. The van der Waals surface area contributed by atoms with E-state index in [1.54, 1.807) is 48.5 Å². The van der Waals surface area contributed by atoms with E-state index in [1.165, 1.54) is 9.80 Å². The van der Waals surface area contributed by atoms with E-state index in [1.807, 2.05) is 87.7 Å². The summed E-state index contributed by atoms with van der Waals surface area (Å²) in [4.78, 5) is 90.6. The van der Waals surface area contributed by atoms with Crippen molar-refractivity contribution in [3.8, 4) is 34.5 Å². The Hall–Kier alpha value is -7.58. The number of imide groups is 2. The third-order valence-electron chi connectivity index (χ3n) is 17.3. The Morgan fingerprint density at radius 3 is 1.17 bits per heavy atom. The lowest BCUT2D eigenvalue weighted by Crippen LogP contribution is -2.73. The summed E-state index contributed by atoms with van der Waals surface area (Å²) < 4.78 is 34.6. The molecule has 20 nitrogen and oxygen atoms in total. The molecule has 8 amide bonds. The summed E-state index contributed by atoms with van der Waals surface area (Å²) in [5, 5.41) is 6.12. The molecular formula is C62H80N8O12. The van der Waals surface area contributed by atoms with E-state index in [2.05, 4.69) is 34.5 Å². The second-order valence-corrected chi connectivity index (χ2v) is 22.1. The van der Waals surface area contributed by atoms with E-state index >= 15 is 0 Å². The zero-order valence-corrected chi connectivity index (χ0v) is 48.7.